The van der Waals surface area contributed by atoms with Gasteiger partial charge in [-0.15, -0.1) is 0 Å². The van der Waals surface area contributed by atoms with Crippen LogP contribution >= 0.6 is 0 Å². The Morgan fingerprint density at radius 3 is 2.72 bits per heavy atom. The summed E-state index contributed by atoms with van der Waals surface area (Å²) in [6.45, 7) is 8.13. The number of hydrogen-bond acceptors (Lipinski definition) is 3. The van der Waals surface area contributed by atoms with Crippen molar-refractivity contribution in [3.63, 3.8) is 0 Å². The molecular weight excluding hydrogens is 222 g/mol. The van der Waals surface area contributed by atoms with Crippen molar-refractivity contribution in [1.82, 2.24) is 10.3 Å². The van der Waals surface area contributed by atoms with Gasteiger partial charge in [0.15, 0.2) is 0 Å². The molecule has 0 unspecified atom stereocenters. The van der Waals surface area contributed by atoms with Crippen molar-refractivity contribution in [1.29, 1.82) is 0 Å². The molecule has 0 aliphatic heterocycles. The number of anilines is 1. The Bertz CT molecular complexity index is 520. The number of hydrogen-bond donors (Lipinski definition) is 2. The molecule has 3 heteroatoms. The predicted octanol–water partition coefficient (Wildman–Crippen LogP) is 3.16. The maximum Gasteiger partial charge on any atom is 0.0726 e. The minimum absolute atomic E-state index is 0.473. The fourth-order valence-corrected chi connectivity index (χ4v) is 1.97. The van der Waals surface area contributed by atoms with E-state index in [4.69, 9.17) is 0 Å². The third kappa shape index (κ3) is 2.99. The molecule has 1 heterocycles. The van der Waals surface area contributed by atoms with E-state index >= 15 is 0 Å². The molecule has 0 fully saturated rings. The van der Waals surface area contributed by atoms with Gasteiger partial charge in [0.2, 0.25) is 0 Å². The first-order valence-corrected chi connectivity index (χ1v) is 6.56. The van der Waals surface area contributed by atoms with Crippen LogP contribution in [0.3, 0.4) is 0 Å². The van der Waals surface area contributed by atoms with Gasteiger partial charge >= 0.3 is 0 Å². The Kier molecular flexibility index (Phi) is 4.15. The second-order valence-electron chi connectivity index (χ2n) is 4.74. The molecular formula is C15H21N3. The SMILES string of the molecule is CCNc1cc(CNC(C)C)nc2ccccc12. The molecule has 0 radical (unpaired) electrons. The summed E-state index contributed by atoms with van der Waals surface area (Å²) >= 11 is 0. The lowest BCUT2D eigenvalue weighted by molar-refractivity contribution is 0.582. The highest BCUT2D eigenvalue weighted by Gasteiger charge is 2.05. The van der Waals surface area contributed by atoms with E-state index in [0.29, 0.717) is 6.04 Å². The monoisotopic (exact) mass is 243 g/mol. The van der Waals surface area contributed by atoms with E-state index in [1.165, 1.54) is 11.1 Å². The Balaban J connectivity index is 2.37. The molecule has 0 aliphatic rings. The van der Waals surface area contributed by atoms with Crippen LogP contribution in [-0.4, -0.2) is 17.6 Å². The molecule has 2 rings (SSSR count). The lowest BCUT2D eigenvalue weighted by atomic mass is 10.1. The van der Waals surface area contributed by atoms with E-state index in [1.807, 2.05) is 6.07 Å². The van der Waals surface area contributed by atoms with Gasteiger partial charge in [0.05, 0.1) is 11.2 Å². The summed E-state index contributed by atoms with van der Waals surface area (Å²) in [7, 11) is 0. The van der Waals surface area contributed by atoms with Crippen molar-refractivity contribution in [3.8, 4) is 0 Å². The first-order chi connectivity index (χ1) is 8.70. The van der Waals surface area contributed by atoms with Crippen LogP contribution < -0.4 is 10.6 Å². The Hall–Kier alpha value is -1.61. The van der Waals surface area contributed by atoms with Crippen LogP contribution in [0.15, 0.2) is 30.3 Å². The van der Waals surface area contributed by atoms with Crippen LogP contribution in [0.25, 0.3) is 10.9 Å². The van der Waals surface area contributed by atoms with E-state index < -0.39 is 0 Å². The van der Waals surface area contributed by atoms with E-state index in [1.54, 1.807) is 0 Å². The highest BCUT2D eigenvalue weighted by atomic mass is 14.9. The quantitative estimate of drug-likeness (QED) is 0.847. The molecule has 0 saturated carbocycles. The molecule has 3 nitrogen and oxygen atoms in total. The summed E-state index contributed by atoms with van der Waals surface area (Å²) in [4.78, 5) is 4.69. The first-order valence-electron chi connectivity index (χ1n) is 6.56. The standard InChI is InChI=1S/C15H21N3/c1-4-16-15-9-12(10-17-11(2)3)18-14-8-6-5-7-13(14)15/h5-9,11,17H,4,10H2,1-3H3,(H,16,18). The minimum Gasteiger partial charge on any atom is -0.385 e. The maximum atomic E-state index is 4.69. The number of para-hydroxylation sites is 1. The fourth-order valence-electron chi connectivity index (χ4n) is 1.97. The molecule has 1 aromatic heterocycles. The summed E-state index contributed by atoms with van der Waals surface area (Å²) in [6.07, 6.45) is 0. The number of rotatable bonds is 5. The average Bonchev–Trinajstić information content (AvgIpc) is 2.37. The Morgan fingerprint density at radius 2 is 2.00 bits per heavy atom. The normalized spacial score (nSPS) is 11.1. The summed E-state index contributed by atoms with van der Waals surface area (Å²) in [5, 5.41) is 8.00. The van der Waals surface area contributed by atoms with Crippen LogP contribution in [0.1, 0.15) is 26.5 Å². The Labute approximate surface area is 109 Å². The molecule has 1 aromatic carbocycles. The van der Waals surface area contributed by atoms with Gasteiger partial charge in [-0.1, -0.05) is 32.0 Å². The number of fused-ring (bicyclic) bond motifs is 1. The van der Waals surface area contributed by atoms with Crippen molar-refractivity contribution in [2.24, 2.45) is 0 Å². The highest BCUT2D eigenvalue weighted by Crippen LogP contribution is 2.22. The molecule has 2 aromatic rings. The van der Waals surface area contributed by atoms with Gasteiger partial charge in [-0.05, 0) is 19.1 Å². The van der Waals surface area contributed by atoms with E-state index in [2.05, 4.69) is 60.7 Å². The third-order valence-electron chi connectivity index (χ3n) is 2.83. The maximum absolute atomic E-state index is 4.69. The van der Waals surface area contributed by atoms with E-state index in [-0.39, 0.29) is 0 Å². The van der Waals surface area contributed by atoms with Crippen LogP contribution in [0.2, 0.25) is 0 Å². The first kappa shape index (κ1) is 12.8. The third-order valence-corrected chi connectivity index (χ3v) is 2.83. The lowest BCUT2D eigenvalue weighted by Crippen LogP contribution is -2.22. The van der Waals surface area contributed by atoms with Gasteiger partial charge in [-0.25, -0.2) is 0 Å². The van der Waals surface area contributed by atoms with Gasteiger partial charge in [0.1, 0.15) is 0 Å². The van der Waals surface area contributed by atoms with Crippen LogP contribution in [0.5, 0.6) is 0 Å². The molecule has 2 N–H and O–H groups in total. The summed E-state index contributed by atoms with van der Waals surface area (Å²) in [6, 6.07) is 10.9. The van der Waals surface area contributed by atoms with Gasteiger partial charge in [0.25, 0.3) is 0 Å². The smallest absolute Gasteiger partial charge is 0.0726 e. The van der Waals surface area contributed by atoms with Crippen LogP contribution in [0, 0.1) is 0 Å². The Morgan fingerprint density at radius 1 is 1.22 bits per heavy atom. The number of benzene rings is 1. The topological polar surface area (TPSA) is 37.0 Å². The van der Waals surface area contributed by atoms with Crippen molar-refractivity contribution in [2.75, 3.05) is 11.9 Å². The molecule has 0 bridgehead atoms. The average molecular weight is 243 g/mol. The molecule has 0 aliphatic carbocycles. The second kappa shape index (κ2) is 5.83. The molecule has 96 valence electrons. The van der Waals surface area contributed by atoms with Gasteiger partial charge in [0, 0.05) is 30.2 Å². The molecule has 0 saturated heterocycles. The highest BCUT2D eigenvalue weighted by molar-refractivity contribution is 5.91. The van der Waals surface area contributed by atoms with E-state index in [0.717, 1.165) is 24.3 Å². The number of pyridine rings is 1. The van der Waals surface area contributed by atoms with Crippen LogP contribution in [-0.2, 0) is 6.54 Å². The lowest BCUT2D eigenvalue weighted by Gasteiger charge is -2.12. The number of nitrogens with zero attached hydrogens (tertiary/aromatic N) is 1. The molecule has 18 heavy (non-hydrogen) atoms. The summed E-state index contributed by atoms with van der Waals surface area (Å²) < 4.78 is 0. The predicted molar refractivity (Wildman–Crippen MR) is 77.9 cm³/mol. The molecule has 0 amide bonds. The van der Waals surface area contributed by atoms with Crippen molar-refractivity contribution < 1.29 is 0 Å². The van der Waals surface area contributed by atoms with Gasteiger partial charge in [-0.3, -0.25) is 4.98 Å². The largest absolute Gasteiger partial charge is 0.385 e. The molecule has 0 atom stereocenters. The zero-order valence-corrected chi connectivity index (χ0v) is 11.3. The second-order valence-corrected chi connectivity index (χ2v) is 4.74. The van der Waals surface area contributed by atoms with E-state index in [9.17, 15) is 0 Å². The molecule has 0 spiro atoms. The summed E-state index contributed by atoms with van der Waals surface area (Å²) in [5.41, 5.74) is 3.30. The number of aromatic nitrogens is 1. The van der Waals surface area contributed by atoms with Gasteiger partial charge in [-0.2, -0.15) is 0 Å². The summed E-state index contributed by atoms with van der Waals surface area (Å²) in [5.74, 6) is 0. The van der Waals surface area contributed by atoms with Crippen molar-refractivity contribution in [2.45, 2.75) is 33.4 Å². The van der Waals surface area contributed by atoms with Crippen molar-refractivity contribution in [3.05, 3.63) is 36.0 Å². The van der Waals surface area contributed by atoms with Crippen LogP contribution in [0.4, 0.5) is 5.69 Å². The fraction of sp³-hybridized carbons (Fsp3) is 0.400. The zero-order valence-electron chi connectivity index (χ0n) is 11.3. The van der Waals surface area contributed by atoms with Crippen molar-refractivity contribution >= 4 is 16.6 Å². The van der Waals surface area contributed by atoms with Gasteiger partial charge < -0.3 is 10.6 Å². The number of nitrogens with one attached hydrogen (secondary N) is 2. The minimum atomic E-state index is 0.473. The zero-order chi connectivity index (χ0) is 13.0.